The predicted octanol–water partition coefficient (Wildman–Crippen LogP) is 4.78. The molecule has 0 bridgehead atoms. The van der Waals surface area contributed by atoms with Crippen molar-refractivity contribution in [1.29, 1.82) is 0 Å². The maximum Gasteiger partial charge on any atom is 0.129 e. The number of aryl methyl sites for hydroxylation is 1. The number of fused-ring (bicyclic) bond motifs is 1. The van der Waals surface area contributed by atoms with E-state index in [1.165, 1.54) is 0 Å². The second-order valence-electron chi connectivity index (χ2n) is 4.01. The lowest BCUT2D eigenvalue weighted by molar-refractivity contribution is 0.968. The monoisotopic (exact) mass is 312 g/mol. The Labute approximate surface area is 115 Å². The smallest absolute Gasteiger partial charge is 0.129 e. The minimum absolute atomic E-state index is 0.683. The van der Waals surface area contributed by atoms with Gasteiger partial charge in [-0.3, -0.25) is 0 Å². The van der Waals surface area contributed by atoms with Gasteiger partial charge in [0.15, 0.2) is 0 Å². The van der Waals surface area contributed by atoms with E-state index in [4.69, 9.17) is 11.6 Å². The number of aromatic nitrogens is 1. The summed E-state index contributed by atoms with van der Waals surface area (Å²) >= 11 is 9.70. The molecule has 17 heavy (non-hydrogen) atoms. The van der Waals surface area contributed by atoms with Crippen molar-refractivity contribution >= 4 is 44.3 Å². The summed E-state index contributed by atoms with van der Waals surface area (Å²) in [5, 5.41) is 5.05. The predicted molar refractivity (Wildman–Crippen MR) is 78.0 cm³/mol. The minimum Gasteiger partial charge on any atom is -0.370 e. The SMILES string of the molecule is CCCNc1nc2c(Cl)ccc(Br)c2cc1C. The van der Waals surface area contributed by atoms with E-state index in [0.29, 0.717) is 5.02 Å². The first-order valence-electron chi connectivity index (χ1n) is 5.62. The lowest BCUT2D eigenvalue weighted by Crippen LogP contribution is -2.04. The average molecular weight is 314 g/mol. The van der Waals surface area contributed by atoms with Gasteiger partial charge in [-0.15, -0.1) is 0 Å². The van der Waals surface area contributed by atoms with Crippen LogP contribution in [0, 0.1) is 6.92 Å². The zero-order valence-corrected chi connectivity index (χ0v) is 12.2. The number of nitrogens with one attached hydrogen (secondary N) is 1. The summed E-state index contributed by atoms with van der Waals surface area (Å²) in [6.07, 6.45) is 1.07. The lowest BCUT2D eigenvalue weighted by atomic mass is 10.1. The molecular weight excluding hydrogens is 300 g/mol. The quantitative estimate of drug-likeness (QED) is 0.882. The van der Waals surface area contributed by atoms with Crippen molar-refractivity contribution in [3.8, 4) is 0 Å². The van der Waals surface area contributed by atoms with Gasteiger partial charge in [0.25, 0.3) is 0 Å². The van der Waals surface area contributed by atoms with Crippen molar-refractivity contribution in [2.45, 2.75) is 20.3 Å². The third kappa shape index (κ3) is 2.55. The Bertz CT molecular complexity index is 555. The van der Waals surface area contributed by atoms with Gasteiger partial charge >= 0.3 is 0 Å². The van der Waals surface area contributed by atoms with Crippen molar-refractivity contribution in [2.75, 3.05) is 11.9 Å². The molecule has 1 N–H and O–H groups in total. The van der Waals surface area contributed by atoms with Crippen LogP contribution in [0.5, 0.6) is 0 Å². The number of halogens is 2. The first-order chi connectivity index (χ1) is 8.13. The van der Waals surface area contributed by atoms with Gasteiger partial charge in [0.1, 0.15) is 5.82 Å². The van der Waals surface area contributed by atoms with Gasteiger partial charge in [-0.1, -0.05) is 34.5 Å². The molecule has 4 heteroatoms. The van der Waals surface area contributed by atoms with Crippen LogP contribution < -0.4 is 5.32 Å². The lowest BCUT2D eigenvalue weighted by Gasteiger charge is -2.10. The Morgan fingerprint density at radius 3 is 2.88 bits per heavy atom. The zero-order chi connectivity index (χ0) is 12.4. The topological polar surface area (TPSA) is 24.9 Å². The fourth-order valence-electron chi connectivity index (χ4n) is 1.71. The number of hydrogen-bond donors (Lipinski definition) is 1. The molecule has 0 aliphatic rings. The summed E-state index contributed by atoms with van der Waals surface area (Å²) in [4.78, 5) is 4.60. The van der Waals surface area contributed by atoms with Crippen LogP contribution >= 0.6 is 27.5 Å². The van der Waals surface area contributed by atoms with Gasteiger partial charge in [0.05, 0.1) is 10.5 Å². The van der Waals surface area contributed by atoms with Crippen LogP contribution in [0.2, 0.25) is 5.02 Å². The highest BCUT2D eigenvalue weighted by molar-refractivity contribution is 9.10. The average Bonchev–Trinajstić information content (AvgIpc) is 2.32. The highest BCUT2D eigenvalue weighted by Gasteiger charge is 2.08. The number of pyridine rings is 1. The summed E-state index contributed by atoms with van der Waals surface area (Å²) < 4.78 is 1.02. The molecule has 2 nitrogen and oxygen atoms in total. The summed E-state index contributed by atoms with van der Waals surface area (Å²) in [7, 11) is 0. The minimum atomic E-state index is 0.683. The maximum absolute atomic E-state index is 6.18. The highest BCUT2D eigenvalue weighted by Crippen LogP contribution is 2.31. The van der Waals surface area contributed by atoms with Crippen LogP contribution in [0.15, 0.2) is 22.7 Å². The maximum atomic E-state index is 6.18. The molecule has 2 rings (SSSR count). The summed E-state index contributed by atoms with van der Waals surface area (Å²) in [6, 6.07) is 5.92. The van der Waals surface area contributed by atoms with Gasteiger partial charge in [0, 0.05) is 16.4 Å². The normalized spacial score (nSPS) is 10.8. The van der Waals surface area contributed by atoms with Crippen LogP contribution in [0.3, 0.4) is 0 Å². The van der Waals surface area contributed by atoms with E-state index in [0.717, 1.165) is 39.7 Å². The van der Waals surface area contributed by atoms with Crippen molar-refractivity contribution in [3.05, 3.63) is 33.3 Å². The van der Waals surface area contributed by atoms with Gasteiger partial charge < -0.3 is 5.32 Å². The van der Waals surface area contributed by atoms with Crippen LogP contribution in [0.25, 0.3) is 10.9 Å². The molecule has 0 spiro atoms. The fraction of sp³-hybridized carbons (Fsp3) is 0.308. The van der Waals surface area contributed by atoms with Gasteiger partial charge in [-0.25, -0.2) is 4.98 Å². The van der Waals surface area contributed by atoms with Gasteiger partial charge in [-0.2, -0.15) is 0 Å². The Balaban J connectivity index is 2.59. The molecule has 90 valence electrons. The fourth-order valence-corrected chi connectivity index (χ4v) is 2.36. The van der Waals surface area contributed by atoms with Crippen LogP contribution in [-0.4, -0.2) is 11.5 Å². The molecule has 0 atom stereocenters. The van der Waals surface area contributed by atoms with E-state index in [9.17, 15) is 0 Å². The van der Waals surface area contributed by atoms with Gasteiger partial charge in [-0.05, 0) is 37.1 Å². The molecule has 0 aliphatic carbocycles. The molecule has 0 radical (unpaired) electrons. The number of hydrogen-bond acceptors (Lipinski definition) is 2. The molecule has 0 unspecified atom stereocenters. The van der Waals surface area contributed by atoms with Crippen LogP contribution in [-0.2, 0) is 0 Å². The number of anilines is 1. The second-order valence-corrected chi connectivity index (χ2v) is 5.27. The van der Waals surface area contributed by atoms with Crippen molar-refractivity contribution in [2.24, 2.45) is 0 Å². The molecule has 1 aromatic heterocycles. The standard InChI is InChI=1S/C13H14BrClN2/c1-3-6-16-13-8(2)7-9-10(14)4-5-11(15)12(9)17-13/h4-5,7H,3,6H2,1-2H3,(H,16,17). The summed E-state index contributed by atoms with van der Waals surface area (Å²) in [5.74, 6) is 0.916. The van der Waals surface area contributed by atoms with E-state index >= 15 is 0 Å². The molecule has 0 saturated heterocycles. The number of nitrogens with zero attached hydrogens (tertiary/aromatic N) is 1. The number of benzene rings is 1. The molecular formula is C13H14BrClN2. The molecule has 1 aromatic carbocycles. The summed E-state index contributed by atoms with van der Waals surface area (Å²) in [5.41, 5.74) is 1.97. The van der Waals surface area contributed by atoms with E-state index in [2.05, 4.69) is 46.1 Å². The first-order valence-corrected chi connectivity index (χ1v) is 6.79. The molecule has 0 aliphatic heterocycles. The Morgan fingerprint density at radius 1 is 1.41 bits per heavy atom. The molecule has 0 fully saturated rings. The second kappa shape index (κ2) is 5.23. The van der Waals surface area contributed by atoms with E-state index < -0.39 is 0 Å². The zero-order valence-electron chi connectivity index (χ0n) is 9.85. The summed E-state index contributed by atoms with van der Waals surface area (Å²) in [6.45, 7) is 5.11. The Hall–Kier alpha value is -0.800. The van der Waals surface area contributed by atoms with Crippen LogP contribution in [0.4, 0.5) is 5.82 Å². The molecule has 1 heterocycles. The van der Waals surface area contributed by atoms with Crippen molar-refractivity contribution < 1.29 is 0 Å². The Morgan fingerprint density at radius 2 is 2.18 bits per heavy atom. The molecule has 2 aromatic rings. The first kappa shape index (κ1) is 12.7. The van der Waals surface area contributed by atoms with E-state index in [1.807, 2.05) is 12.1 Å². The third-order valence-electron chi connectivity index (χ3n) is 2.62. The van der Waals surface area contributed by atoms with Crippen molar-refractivity contribution in [3.63, 3.8) is 0 Å². The number of rotatable bonds is 3. The Kier molecular flexibility index (Phi) is 3.89. The third-order valence-corrected chi connectivity index (χ3v) is 3.61. The van der Waals surface area contributed by atoms with Crippen LogP contribution in [0.1, 0.15) is 18.9 Å². The highest BCUT2D eigenvalue weighted by atomic mass is 79.9. The molecule has 0 saturated carbocycles. The van der Waals surface area contributed by atoms with Crippen molar-refractivity contribution in [1.82, 2.24) is 4.98 Å². The van der Waals surface area contributed by atoms with E-state index in [1.54, 1.807) is 0 Å². The molecule has 0 amide bonds. The van der Waals surface area contributed by atoms with Gasteiger partial charge in [0.2, 0.25) is 0 Å². The van der Waals surface area contributed by atoms with E-state index in [-0.39, 0.29) is 0 Å². The largest absolute Gasteiger partial charge is 0.370 e.